The summed E-state index contributed by atoms with van der Waals surface area (Å²) in [4.78, 5) is 29.4. The molecule has 9 heteroatoms. The number of aryl methyl sites for hydroxylation is 1. The van der Waals surface area contributed by atoms with Gasteiger partial charge in [-0.15, -0.1) is 4.74 Å². The third kappa shape index (κ3) is 4.92. The van der Waals surface area contributed by atoms with Gasteiger partial charge in [-0.1, -0.05) is 35.9 Å². The summed E-state index contributed by atoms with van der Waals surface area (Å²) >= 11 is 5.94. The van der Waals surface area contributed by atoms with Gasteiger partial charge in [0, 0.05) is 10.6 Å². The van der Waals surface area contributed by atoms with Gasteiger partial charge in [-0.25, -0.2) is 19.6 Å². The summed E-state index contributed by atoms with van der Waals surface area (Å²) < 4.78 is 17.5. The fourth-order valence-corrected chi connectivity index (χ4v) is 3.16. The number of nitrogens with zero attached hydrogens (tertiary/aromatic N) is 2. The number of aromatic amines is 1. The summed E-state index contributed by atoms with van der Waals surface area (Å²) in [6.07, 6.45) is 3.56. The molecule has 0 spiro atoms. The number of oxazole rings is 1. The van der Waals surface area contributed by atoms with Crippen LogP contribution in [-0.2, 0) is 6.61 Å². The molecule has 0 saturated carbocycles. The fourth-order valence-electron chi connectivity index (χ4n) is 3.03. The van der Waals surface area contributed by atoms with Crippen LogP contribution in [0.15, 0.2) is 73.1 Å². The standard InChI is InChI=1S/C23H20ClN3O5/c1-14(27-22(28)26-23(29)32-27)6-7-16-4-3-5-19(12-16)30-13-20-15(2)31-21(25-20)17-8-10-18(24)11-9-17/h3-12,14H,13H2,1-2H3,(H,26,28,29)/b7-6+. The molecule has 32 heavy (non-hydrogen) atoms. The smallest absolute Gasteiger partial charge is 0.440 e. The molecule has 1 atom stereocenters. The van der Waals surface area contributed by atoms with Crippen LogP contribution in [0.5, 0.6) is 5.75 Å². The topological polar surface area (TPSA) is 103 Å². The van der Waals surface area contributed by atoms with E-state index in [1.807, 2.05) is 49.4 Å². The lowest BCUT2D eigenvalue weighted by Crippen LogP contribution is -2.18. The lowest BCUT2D eigenvalue weighted by atomic mass is 10.1. The molecule has 2 aromatic carbocycles. The first-order valence-corrected chi connectivity index (χ1v) is 10.2. The Morgan fingerprint density at radius 3 is 2.72 bits per heavy atom. The highest BCUT2D eigenvalue weighted by Gasteiger charge is 2.12. The van der Waals surface area contributed by atoms with Crippen molar-refractivity contribution in [3.63, 3.8) is 0 Å². The van der Waals surface area contributed by atoms with Crippen LogP contribution >= 0.6 is 11.6 Å². The zero-order valence-corrected chi connectivity index (χ0v) is 18.1. The van der Waals surface area contributed by atoms with E-state index in [-0.39, 0.29) is 6.61 Å². The number of benzene rings is 2. The van der Waals surface area contributed by atoms with Gasteiger partial charge in [0.2, 0.25) is 5.89 Å². The molecule has 0 aliphatic rings. The minimum absolute atomic E-state index is 0.246. The molecule has 164 valence electrons. The molecule has 4 aromatic rings. The van der Waals surface area contributed by atoms with Crippen molar-refractivity contribution in [2.75, 3.05) is 0 Å². The van der Waals surface area contributed by atoms with Crippen LogP contribution in [0.3, 0.4) is 0 Å². The normalized spacial score (nSPS) is 12.3. The van der Waals surface area contributed by atoms with Gasteiger partial charge in [0.05, 0.1) is 6.04 Å². The van der Waals surface area contributed by atoms with E-state index in [4.69, 9.17) is 25.3 Å². The summed E-state index contributed by atoms with van der Waals surface area (Å²) in [5.41, 5.74) is 1.80. The van der Waals surface area contributed by atoms with Crippen molar-refractivity contribution in [1.29, 1.82) is 0 Å². The van der Waals surface area contributed by atoms with Crippen molar-refractivity contribution in [3.05, 3.63) is 97.7 Å². The Bertz CT molecular complexity index is 1360. The fraction of sp³-hybridized carbons (Fsp3) is 0.174. The van der Waals surface area contributed by atoms with Crippen LogP contribution in [0.1, 0.15) is 30.0 Å². The van der Waals surface area contributed by atoms with Crippen molar-refractivity contribution in [2.45, 2.75) is 26.5 Å². The summed E-state index contributed by atoms with van der Waals surface area (Å²) in [5, 5.41) is 0.647. The zero-order chi connectivity index (χ0) is 22.7. The third-order valence-electron chi connectivity index (χ3n) is 4.74. The van der Waals surface area contributed by atoms with Crippen LogP contribution in [0.2, 0.25) is 5.02 Å². The van der Waals surface area contributed by atoms with Crippen LogP contribution in [0, 0.1) is 6.92 Å². The monoisotopic (exact) mass is 453 g/mol. The number of H-pyrrole nitrogens is 1. The SMILES string of the molecule is Cc1oc(-c2ccc(Cl)cc2)nc1COc1cccc(/C=C/C(C)n2oc(=O)[nH]c2=O)c1. The van der Waals surface area contributed by atoms with E-state index in [9.17, 15) is 9.59 Å². The van der Waals surface area contributed by atoms with Gasteiger partial charge in [0.1, 0.15) is 23.8 Å². The molecule has 2 heterocycles. The minimum Gasteiger partial charge on any atom is -0.487 e. The van der Waals surface area contributed by atoms with Gasteiger partial charge in [0.15, 0.2) is 0 Å². The van der Waals surface area contributed by atoms with Crippen molar-refractivity contribution in [1.82, 2.24) is 14.7 Å². The summed E-state index contributed by atoms with van der Waals surface area (Å²) in [6, 6.07) is 14.3. The van der Waals surface area contributed by atoms with Gasteiger partial charge in [-0.2, -0.15) is 0 Å². The highest BCUT2D eigenvalue weighted by molar-refractivity contribution is 6.30. The van der Waals surface area contributed by atoms with Crippen molar-refractivity contribution in [2.24, 2.45) is 0 Å². The number of ether oxygens (including phenoxy) is 1. The maximum Gasteiger partial charge on any atom is 0.440 e. The molecule has 0 fully saturated rings. The molecule has 0 bridgehead atoms. The number of hydrogen-bond acceptors (Lipinski definition) is 6. The number of hydrogen-bond donors (Lipinski definition) is 1. The third-order valence-corrected chi connectivity index (χ3v) is 5.00. The molecule has 0 saturated heterocycles. The number of nitrogens with one attached hydrogen (secondary N) is 1. The maximum atomic E-state index is 11.6. The first-order chi connectivity index (χ1) is 15.4. The predicted molar refractivity (Wildman–Crippen MR) is 120 cm³/mol. The molecule has 8 nitrogen and oxygen atoms in total. The van der Waals surface area contributed by atoms with Crippen LogP contribution in [0.4, 0.5) is 0 Å². The number of rotatable bonds is 7. The van der Waals surface area contributed by atoms with E-state index in [1.165, 1.54) is 0 Å². The molecular weight excluding hydrogens is 434 g/mol. The Morgan fingerprint density at radius 1 is 1.22 bits per heavy atom. The molecule has 1 N–H and O–H groups in total. The van der Waals surface area contributed by atoms with E-state index in [2.05, 4.69) is 9.97 Å². The molecule has 0 amide bonds. The molecule has 0 aliphatic heterocycles. The predicted octanol–water partition coefficient (Wildman–Crippen LogP) is 4.60. The molecule has 2 aromatic heterocycles. The second kappa shape index (κ2) is 9.15. The van der Waals surface area contributed by atoms with Crippen molar-refractivity contribution >= 4 is 17.7 Å². The van der Waals surface area contributed by atoms with Gasteiger partial charge in [-0.05, 0) is 55.8 Å². The highest BCUT2D eigenvalue weighted by Crippen LogP contribution is 2.24. The molecule has 1 unspecified atom stereocenters. The Kier molecular flexibility index (Phi) is 6.13. The van der Waals surface area contributed by atoms with Crippen LogP contribution < -0.4 is 16.2 Å². The Hall–Kier alpha value is -3.78. The Balaban J connectivity index is 1.43. The van der Waals surface area contributed by atoms with E-state index in [1.54, 1.807) is 25.1 Å². The van der Waals surface area contributed by atoms with Gasteiger partial charge >= 0.3 is 11.4 Å². The number of halogens is 1. The first-order valence-electron chi connectivity index (χ1n) is 9.84. The zero-order valence-electron chi connectivity index (χ0n) is 17.4. The summed E-state index contributed by atoms with van der Waals surface area (Å²) in [6.45, 7) is 3.82. The molecular formula is C23H20ClN3O5. The summed E-state index contributed by atoms with van der Waals surface area (Å²) in [5.74, 6) is 1.06. The summed E-state index contributed by atoms with van der Waals surface area (Å²) in [7, 11) is 0. The quantitative estimate of drug-likeness (QED) is 0.438. The number of aromatic nitrogens is 3. The average Bonchev–Trinajstić information content (AvgIpc) is 3.32. The van der Waals surface area contributed by atoms with E-state index >= 15 is 0 Å². The second-order valence-corrected chi connectivity index (χ2v) is 7.56. The highest BCUT2D eigenvalue weighted by atomic mass is 35.5. The van der Waals surface area contributed by atoms with Crippen molar-refractivity contribution in [3.8, 4) is 17.2 Å². The first kappa shape index (κ1) is 21.5. The Morgan fingerprint density at radius 2 is 2.00 bits per heavy atom. The maximum absolute atomic E-state index is 11.6. The largest absolute Gasteiger partial charge is 0.487 e. The van der Waals surface area contributed by atoms with Gasteiger partial charge in [0.25, 0.3) is 0 Å². The lowest BCUT2D eigenvalue weighted by Gasteiger charge is -2.06. The molecule has 0 aliphatic carbocycles. The van der Waals surface area contributed by atoms with E-state index < -0.39 is 17.5 Å². The molecule has 0 radical (unpaired) electrons. The van der Waals surface area contributed by atoms with Crippen LogP contribution in [-0.4, -0.2) is 14.7 Å². The average molecular weight is 454 g/mol. The van der Waals surface area contributed by atoms with E-state index in [0.29, 0.717) is 28.1 Å². The minimum atomic E-state index is -0.784. The molecule has 4 rings (SSSR count). The van der Waals surface area contributed by atoms with Crippen molar-refractivity contribution < 1.29 is 13.7 Å². The second-order valence-electron chi connectivity index (χ2n) is 7.12. The number of allylic oxidation sites excluding steroid dienone is 1. The Labute approximate surface area is 187 Å². The van der Waals surface area contributed by atoms with Gasteiger partial charge in [-0.3, -0.25) is 0 Å². The van der Waals surface area contributed by atoms with Gasteiger partial charge < -0.3 is 13.7 Å². The lowest BCUT2D eigenvalue weighted by molar-refractivity contribution is 0.230. The van der Waals surface area contributed by atoms with Crippen LogP contribution in [0.25, 0.3) is 17.5 Å². The van der Waals surface area contributed by atoms with E-state index in [0.717, 1.165) is 15.9 Å².